The highest BCUT2D eigenvalue weighted by Crippen LogP contribution is 2.47. The lowest BCUT2D eigenvalue weighted by atomic mass is 9.89. The van der Waals surface area contributed by atoms with Gasteiger partial charge in [0, 0.05) is 10.6 Å². The summed E-state index contributed by atoms with van der Waals surface area (Å²) in [6, 6.07) is 3.62. The smallest absolute Gasteiger partial charge is 0.426 e. The van der Waals surface area contributed by atoms with Gasteiger partial charge in [-0.2, -0.15) is 13.2 Å². The average molecular weight is 392 g/mol. The number of carbonyl (C=O) groups is 2. The second-order valence-corrected chi connectivity index (χ2v) is 6.40. The fraction of sp³-hybridized carbons (Fsp3) is 0.214. The van der Waals surface area contributed by atoms with Gasteiger partial charge in [0.05, 0.1) is 23.9 Å². The number of cyclic esters (lactones) is 1. The Labute approximate surface area is 148 Å². The fourth-order valence-corrected chi connectivity index (χ4v) is 3.08. The van der Waals surface area contributed by atoms with Gasteiger partial charge in [0.1, 0.15) is 4.88 Å². The van der Waals surface area contributed by atoms with Gasteiger partial charge in [-0.15, -0.1) is 11.3 Å². The number of alkyl halides is 3. The standard InChI is InChI=1S/C14H9ClF3N3O3S/c15-7-1-2-9-8(3-7)13(14(16,17)18,24-12(23)21-9)5-20-11(22)10-4-19-6-25-10/h1-4,6H,5H2,(H,20,22)(H,21,23). The first-order valence-corrected chi connectivity index (χ1v) is 8.02. The third kappa shape index (κ3) is 3.14. The number of thiazole rings is 1. The van der Waals surface area contributed by atoms with Crippen LogP contribution >= 0.6 is 22.9 Å². The molecule has 0 fully saturated rings. The molecule has 1 aliphatic heterocycles. The van der Waals surface area contributed by atoms with Gasteiger partial charge in [-0.05, 0) is 18.2 Å². The van der Waals surface area contributed by atoms with E-state index < -0.39 is 35.9 Å². The zero-order valence-electron chi connectivity index (χ0n) is 12.2. The summed E-state index contributed by atoms with van der Waals surface area (Å²) in [5, 5.41) is 4.36. The van der Waals surface area contributed by atoms with Crippen LogP contribution in [0.3, 0.4) is 0 Å². The highest BCUT2D eigenvalue weighted by molar-refractivity contribution is 7.11. The van der Waals surface area contributed by atoms with E-state index in [9.17, 15) is 22.8 Å². The minimum absolute atomic E-state index is 0.0286. The van der Waals surface area contributed by atoms with E-state index in [4.69, 9.17) is 11.6 Å². The Kier molecular flexibility index (Phi) is 4.33. The second kappa shape index (κ2) is 6.19. The minimum atomic E-state index is -4.99. The van der Waals surface area contributed by atoms with Crippen LogP contribution < -0.4 is 10.6 Å². The molecule has 6 nitrogen and oxygen atoms in total. The number of ether oxygens (including phenoxy) is 1. The van der Waals surface area contributed by atoms with Gasteiger partial charge in [0.15, 0.2) is 0 Å². The predicted octanol–water partition coefficient (Wildman–Crippen LogP) is 3.55. The van der Waals surface area contributed by atoms with Crippen LogP contribution in [0.5, 0.6) is 0 Å². The molecule has 1 aromatic carbocycles. The summed E-state index contributed by atoms with van der Waals surface area (Å²) >= 11 is 6.77. The molecule has 1 unspecified atom stereocenters. The topological polar surface area (TPSA) is 80.3 Å². The van der Waals surface area contributed by atoms with E-state index in [-0.39, 0.29) is 15.6 Å². The van der Waals surface area contributed by atoms with Crippen LogP contribution in [-0.2, 0) is 10.3 Å². The highest BCUT2D eigenvalue weighted by atomic mass is 35.5. The first-order valence-electron chi connectivity index (χ1n) is 6.76. The van der Waals surface area contributed by atoms with Gasteiger partial charge in [-0.25, -0.2) is 4.79 Å². The number of hydrogen-bond acceptors (Lipinski definition) is 5. The largest absolute Gasteiger partial charge is 0.434 e. The van der Waals surface area contributed by atoms with E-state index in [1.165, 1.54) is 23.8 Å². The van der Waals surface area contributed by atoms with Crippen LogP contribution in [0.1, 0.15) is 15.2 Å². The number of benzene rings is 1. The lowest BCUT2D eigenvalue weighted by Gasteiger charge is -2.39. The highest BCUT2D eigenvalue weighted by Gasteiger charge is 2.62. The number of rotatable bonds is 3. The van der Waals surface area contributed by atoms with Crippen molar-refractivity contribution in [1.29, 1.82) is 0 Å². The molecule has 11 heteroatoms. The first-order chi connectivity index (χ1) is 11.7. The van der Waals surface area contributed by atoms with Crippen molar-refractivity contribution in [2.45, 2.75) is 11.8 Å². The third-order valence-corrected chi connectivity index (χ3v) is 4.54. The molecular formula is C14H9ClF3N3O3S. The Hall–Kier alpha value is -2.33. The Balaban J connectivity index is 2.01. The monoisotopic (exact) mass is 391 g/mol. The summed E-state index contributed by atoms with van der Waals surface area (Å²) in [6.07, 6.45) is -5.05. The maximum absolute atomic E-state index is 13.9. The van der Waals surface area contributed by atoms with Crippen molar-refractivity contribution in [3.8, 4) is 0 Å². The van der Waals surface area contributed by atoms with E-state index >= 15 is 0 Å². The Morgan fingerprint density at radius 2 is 2.20 bits per heavy atom. The van der Waals surface area contributed by atoms with E-state index in [1.807, 2.05) is 0 Å². The maximum Gasteiger partial charge on any atom is 0.434 e. The molecule has 0 bridgehead atoms. The van der Waals surface area contributed by atoms with E-state index in [0.717, 1.165) is 17.4 Å². The van der Waals surface area contributed by atoms with Gasteiger partial charge < -0.3 is 10.1 Å². The molecule has 2 N–H and O–H groups in total. The van der Waals surface area contributed by atoms with Crippen LogP contribution in [-0.4, -0.2) is 29.7 Å². The van der Waals surface area contributed by atoms with Crippen molar-refractivity contribution in [2.75, 3.05) is 11.9 Å². The molecule has 3 rings (SSSR count). The van der Waals surface area contributed by atoms with E-state index in [2.05, 4.69) is 20.4 Å². The second-order valence-electron chi connectivity index (χ2n) is 5.08. The van der Waals surface area contributed by atoms with Gasteiger partial charge in [0.2, 0.25) is 0 Å². The Morgan fingerprint density at radius 1 is 1.44 bits per heavy atom. The van der Waals surface area contributed by atoms with E-state index in [1.54, 1.807) is 0 Å². The first kappa shape index (κ1) is 17.5. The lowest BCUT2D eigenvalue weighted by molar-refractivity contribution is -0.261. The number of carbonyl (C=O) groups excluding carboxylic acids is 2. The number of nitrogens with one attached hydrogen (secondary N) is 2. The Morgan fingerprint density at radius 3 is 2.84 bits per heavy atom. The molecule has 1 aromatic heterocycles. The summed E-state index contributed by atoms with van der Waals surface area (Å²) in [4.78, 5) is 27.5. The zero-order chi connectivity index (χ0) is 18.2. The molecule has 25 heavy (non-hydrogen) atoms. The van der Waals surface area contributed by atoms with Crippen molar-refractivity contribution < 1.29 is 27.5 Å². The maximum atomic E-state index is 13.9. The molecular weight excluding hydrogens is 383 g/mol. The fourth-order valence-electron chi connectivity index (χ4n) is 2.37. The van der Waals surface area contributed by atoms with Crippen molar-refractivity contribution in [2.24, 2.45) is 0 Å². The number of amides is 2. The normalized spacial score (nSPS) is 19.6. The molecule has 0 spiro atoms. The number of halogens is 4. The van der Waals surface area contributed by atoms with Crippen molar-refractivity contribution in [3.63, 3.8) is 0 Å². The Bertz CT molecular complexity index is 828. The van der Waals surface area contributed by atoms with Gasteiger partial charge in [-0.1, -0.05) is 11.6 Å². The van der Waals surface area contributed by atoms with Gasteiger partial charge >= 0.3 is 12.3 Å². The number of aromatic nitrogens is 1. The predicted molar refractivity (Wildman–Crippen MR) is 83.7 cm³/mol. The number of anilines is 1. The molecule has 0 saturated carbocycles. The van der Waals surface area contributed by atoms with E-state index in [0.29, 0.717) is 0 Å². The summed E-state index contributed by atoms with van der Waals surface area (Å²) in [7, 11) is 0. The van der Waals surface area contributed by atoms with Crippen LogP contribution in [0.4, 0.5) is 23.7 Å². The molecule has 2 heterocycles. The van der Waals surface area contributed by atoms with Crippen molar-refractivity contribution >= 4 is 40.6 Å². The SMILES string of the molecule is O=C1Nc2ccc(Cl)cc2C(CNC(=O)c2cncs2)(C(F)(F)F)O1. The van der Waals surface area contributed by atoms with Crippen molar-refractivity contribution in [3.05, 3.63) is 45.4 Å². The molecule has 1 atom stereocenters. The number of hydrogen-bond donors (Lipinski definition) is 2. The number of fused-ring (bicyclic) bond motifs is 1. The van der Waals surface area contributed by atoms with Crippen LogP contribution in [0, 0.1) is 0 Å². The average Bonchev–Trinajstić information content (AvgIpc) is 3.06. The number of nitrogens with zero attached hydrogens (tertiary/aromatic N) is 1. The zero-order valence-corrected chi connectivity index (χ0v) is 13.8. The minimum Gasteiger partial charge on any atom is -0.426 e. The summed E-state index contributed by atoms with van der Waals surface area (Å²) < 4.78 is 46.2. The molecule has 132 valence electrons. The lowest BCUT2D eigenvalue weighted by Crippen LogP contribution is -2.56. The molecule has 0 saturated heterocycles. The summed E-state index contributed by atoms with van der Waals surface area (Å²) in [5.41, 5.74) is -2.18. The summed E-state index contributed by atoms with van der Waals surface area (Å²) in [6.45, 7) is -1.01. The third-order valence-electron chi connectivity index (χ3n) is 3.53. The molecule has 2 aromatic rings. The molecule has 2 amide bonds. The van der Waals surface area contributed by atoms with Crippen molar-refractivity contribution in [1.82, 2.24) is 10.3 Å². The van der Waals surface area contributed by atoms with Crippen LogP contribution in [0.2, 0.25) is 5.02 Å². The van der Waals surface area contributed by atoms with Crippen LogP contribution in [0.15, 0.2) is 29.9 Å². The van der Waals surface area contributed by atoms with Crippen LogP contribution in [0.25, 0.3) is 0 Å². The molecule has 1 aliphatic rings. The molecule has 0 aliphatic carbocycles. The molecule has 0 radical (unpaired) electrons. The van der Waals surface area contributed by atoms with Gasteiger partial charge in [-0.3, -0.25) is 15.1 Å². The summed E-state index contributed by atoms with van der Waals surface area (Å²) in [5.74, 6) is -0.760. The van der Waals surface area contributed by atoms with Gasteiger partial charge in [0.25, 0.3) is 11.5 Å². The quantitative estimate of drug-likeness (QED) is 0.838.